The van der Waals surface area contributed by atoms with Gasteiger partial charge in [-0.25, -0.2) is 4.98 Å². The van der Waals surface area contributed by atoms with Gasteiger partial charge in [-0.15, -0.1) is 0 Å². The van der Waals surface area contributed by atoms with Crippen molar-refractivity contribution >= 4 is 5.97 Å². The highest BCUT2D eigenvalue weighted by atomic mass is 16.4. The van der Waals surface area contributed by atoms with Crippen LogP contribution in [0, 0.1) is 18.8 Å². The molecule has 1 atom stereocenters. The highest BCUT2D eigenvalue weighted by Crippen LogP contribution is 2.15. The SMILES string of the molecule is Cc1cc(C#Cc2ccc(C(C)C(=O)[O-])cc2)ccc1Cn1ccnc1. The van der Waals surface area contributed by atoms with Gasteiger partial charge in [-0.2, -0.15) is 0 Å². The molecule has 4 nitrogen and oxygen atoms in total. The Balaban J connectivity index is 1.73. The Morgan fingerprint density at radius 1 is 1.15 bits per heavy atom. The summed E-state index contributed by atoms with van der Waals surface area (Å²) in [5.41, 5.74) is 4.93. The second kappa shape index (κ2) is 7.71. The maximum Gasteiger partial charge on any atom is 0.0949 e. The molecule has 0 spiro atoms. The Labute approximate surface area is 153 Å². The first-order chi connectivity index (χ1) is 12.5. The zero-order valence-electron chi connectivity index (χ0n) is 14.8. The first-order valence-corrected chi connectivity index (χ1v) is 8.41. The van der Waals surface area contributed by atoms with Gasteiger partial charge in [-0.05, 0) is 47.9 Å². The van der Waals surface area contributed by atoms with Crippen LogP contribution in [0.25, 0.3) is 0 Å². The molecule has 0 amide bonds. The van der Waals surface area contributed by atoms with Gasteiger partial charge in [0.05, 0.1) is 6.33 Å². The standard InChI is InChI=1S/C22H20N2O2/c1-16-13-19(7-10-21(16)14-24-12-11-23-15-24)4-3-18-5-8-20(9-6-18)17(2)22(25)26/h5-13,15,17H,14H2,1-2H3,(H,25,26)/p-1. The van der Waals surface area contributed by atoms with Crippen LogP contribution in [-0.4, -0.2) is 15.5 Å². The number of carbonyl (C=O) groups is 1. The summed E-state index contributed by atoms with van der Waals surface area (Å²) < 4.78 is 2.03. The molecule has 0 radical (unpaired) electrons. The van der Waals surface area contributed by atoms with Gasteiger partial charge in [0.15, 0.2) is 0 Å². The lowest BCUT2D eigenvalue weighted by Gasteiger charge is -2.12. The Morgan fingerprint density at radius 2 is 1.85 bits per heavy atom. The van der Waals surface area contributed by atoms with Gasteiger partial charge in [-0.3, -0.25) is 0 Å². The summed E-state index contributed by atoms with van der Waals surface area (Å²) >= 11 is 0. The van der Waals surface area contributed by atoms with Crippen molar-refractivity contribution in [3.63, 3.8) is 0 Å². The van der Waals surface area contributed by atoms with Crippen LogP contribution in [0.5, 0.6) is 0 Å². The number of nitrogens with zero attached hydrogens (tertiary/aromatic N) is 2. The molecule has 0 aliphatic carbocycles. The number of hydrogen-bond acceptors (Lipinski definition) is 3. The molecular weight excluding hydrogens is 324 g/mol. The summed E-state index contributed by atoms with van der Waals surface area (Å²) in [6.07, 6.45) is 5.52. The number of carboxylic acids is 1. The Morgan fingerprint density at radius 3 is 2.46 bits per heavy atom. The summed E-state index contributed by atoms with van der Waals surface area (Å²) in [4.78, 5) is 15.0. The van der Waals surface area contributed by atoms with Crippen LogP contribution in [-0.2, 0) is 11.3 Å². The minimum atomic E-state index is -1.07. The fourth-order valence-electron chi connectivity index (χ4n) is 2.66. The van der Waals surface area contributed by atoms with Crippen molar-refractivity contribution < 1.29 is 9.90 Å². The molecule has 3 rings (SSSR count). The van der Waals surface area contributed by atoms with Gasteiger partial charge in [0.25, 0.3) is 0 Å². The smallest absolute Gasteiger partial charge is 0.0949 e. The summed E-state index contributed by atoms with van der Waals surface area (Å²) in [6, 6.07) is 13.4. The predicted octanol–water partition coefficient (Wildman–Crippen LogP) is 2.49. The molecule has 1 aromatic heterocycles. The molecular formula is C22H19N2O2-. The van der Waals surface area contributed by atoms with Crippen LogP contribution < -0.4 is 5.11 Å². The molecule has 4 heteroatoms. The molecule has 1 unspecified atom stereocenters. The number of carboxylic acid groups (broad SMARTS) is 1. The quantitative estimate of drug-likeness (QED) is 0.684. The molecule has 0 bridgehead atoms. The van der Waals surface area contributed by atoms with E-state index in [-0.39, 0.29) is 0 Å². The zero-order valence-corrected chi connectivity index (χ0v) is 14.8. The van der Waals surface area contributed by atoms with Crippen molar-refractivity contribution in [2.45, 2.75) is 26.3 Å². The monoisotopic (exact) mass is 343 g/mol. The van der Waals surface area contributed by atoms with Gasteiger partial charge in [0, 0.05) is 42.0 Å². The number of aliphatic carboxylic acids is 1. The molecule has 0 aliphatic rings. The molecule has 3 aromatic rings. The van der Waals surface area contributed by atoms with Crippen molar-refractivity contribution in [3.05, 3.63) is 89.0 Å². The van der Waals surface area contributed by atoms with E-state index in [9.17, 15) is 9.90 Å². The van der Waals surface area contributed by atoms with Gasteiger partial charge in [0.2, 0.25) is 0 Å². The topological polar surface area (TPSA) is 57.9 Å². The molecule has 26 heavy (non-hydrogen) atoms. The summed E-state index contributed by atoms with van der Waals surface area (Å²) in [5, 5.41) is 10.9. The number of aryl methyl sites for hydroxylation is 1. The summed E-state index contributed by atoms with van der Waals surface area (Å²) in [5.74, 6) is 4.59. The van der Waals surface area contributed by atoms with Gasteiger partial charge >= 0.3 is 0 Å². The van der Waals surface area contributed by atoms with E-state index in [4.69, 9.17) is 0 Å². The van der Waals surface area contributed by atoms with E-state index in [2.05, 4.69) is 35.9 Å². The number of rotatable bonds is 4. The van der Waals surface area contributed by atoms with E-state index in [0.717, 1.165) is 23.2 Å². The molecule has 0 saturated heterocycles. The number of benzene rings is 2. The number of hydrogen-bond donors (Lipinski definition) is 0. The van der Waals surface area contributed by atoms with E-state index in [0.29, 0.717) is 0 Å². The van der Waals surface area contributed by atoms with Crippen molar-refractivity contribution in [1.82, 2.24) is 9.55 Å². The fourth-order valence-corrected chi connectivity index (χ4v) is 2.66. The highest BCUT2D eigenvalue weighted by molar-refractivity contribution is 5.73. The molecule has 130 valence electrons. The third kappa shape index (κ3) is 4.20. The van der Waals surface area contributed by atoms with Gasteiger partial charge in [0.1, 0.15) is 0 Å². The lowest BCUT2D eigenvalue weighted by atomic mass is 10.00. The number of aromatic nitrogens is 2. The van der Waals surface area contributed by atoms with Crippen LogP contribution in [0.2, 0.25) is 0 Å². The lowest BCUT2D eigenvalue weighted by molar-refractivity contribution is -0.307. The highest BCUT2D eigenvalue weighted by Gasteiger charge is 2.05. The molecule has 0 saturated carbocycles. The second-order valence-electron chi connectivity index (χ2n) is 6.29. The van der Waals surface area contributed by atoms with E-state index in [1.807, 2.05) is 29.0 Å². The van der Waals surface area contributed by atoms with E-state index >= 15 is 0 Å². The summed E-state index contributed by atoms with van der Waals surface area (Å²) in [6.45, 7) is 4.48. The van der Waals surface area contributed by atoms with E-state index in [1.54, 1.807) is 31.6 Å². The largest absolute Gasteiger partial charge is 0.550 e. The number of carbonyl (C=O) groups excluding carboxylic acids is 1. The van der Waals surface area contributed by atoms with Crippen LogP contribution in [0.1, 0.15) is 40.7 Å². The maximum atomic E-state index is 10.9. The first kappa shape index (κ1) is 17.5. The fraction of sp³-hybridized carbons (Fsp3) is 0.182. The van der Waals surface area contributed by atoms with Crippen molar-refractivity contribution in [2.24, 2.45) is 0 Å². The van der Waals surface area contributed by atoms with Crippen LogP contribution >= 0.6 is 0 Å². The normalized spacial score (nSPS) is 11.5. The Bertz CT molecular complexity index is 962. The first-order valence-electron chi connectivity index (χ1n) is 8.41. The van der Waals surface area contributed by atoms with Crippen LogP contribution in [0.4, 0.5) is 0 Å². The van der Waals surface area contributed by atoms with Crippen molar-refractivity contribution in [3.8, 4) is 11.8 Å². The average molecular weight is 343 g/mol. The van der Waals surface area contributed by atoms with Crippen LogP contribution in [0.3, 0.4) is 0 Å². The molecule has 1 heterocycles. The van der Waals surface area contributed by atoms with E-state index in [1.165, 1.54) is 11.1 Å². The average Bonchev–Trinajstić information content (AvgIpc) is 3.15. The molecule has 0 N–H and O–H groups in total. The lowest BCUT2D eigenvalue weighted by Crippen LogP contribution is -2.27. The second-order valence-corrected chi connectivity index (χ2v) is 6.29. The minimum absolute atomic E-state index is 0.622. The van der Waals surface area contributed by atoms with Crippen molar-refractivity contribution in [1.29, 1.82) is 0 Å². The third-order valence-corrected chi connectivity index (χ3v) is 4.37. The van der Waals surface area contributed by atoms with Gasteiger partial charge in [-0.1, -0.05) is 37.0 Å². The zero-order chi connectivity index (χ0) is 18.5. The molecule has 2 aromatic carbocycles. The Kier molecular flexibility index (Phi) is 5.19. The summed E-state index contributed by atoms with van der Waals surface area (Å²) in [7, 11) is 0. The third-order valence-electron chi connectivity index (χ3n) is 4.37. The maximum absolute atomic E-state index is 10.9. The predicted molar refractivity (Wildman–Crippen MR) is 98.4 cm³/mol. The van der Waals surface area contributed by atoms with Crippen molar-refractivity contribution in [2.75, 3.05) is 0 Å². The van der Waals surface area contributed by atoms with E-state index < -0.39 is 11.9 Å². The number of imidazole rings is 1. The minimum Gasteiger partial charge on any atom is -0.550 e. The molecule has 0 fully saturated rings. The van der Waals surface area contributed by atoms with Crippen LogP contribution in [0.15, 0.2) is 61.2 Å². The van der Waals surface area contributed by atoms with Gasteiger partial charge < -0.3 is 14.5 Å². The molecule has 0 aliphatic heterocycles. The Hall–Kier alpha value is -3.32.